The van der Waals surface area contributed by atoms with E-state index in [2.05, 4.69) is 10.5 Å². The number of hydrogen-bond acceptors (Lipinski definition) is 7. The molecule has 7 nitrogen and oxygen atoms in total. The molecule has 1 amide bonds. The molecule has 2 rings (SSSR count). The van der Waals surface area contributed by atoms with Crippen LogP contribution in [0.2, 0.25) is 5.02 Å². The van der Waals surface area contributed by atoms with Crippen LogP contribution in [0.3, 0.4) is 0 Å². The Labute approximate surface area is 159 Å². The predicted octanol–water partition coefficient (Wildman–Crippen LogP) is 3.12. The number of ketones is 1. The number of hydrogen-bond donors (Lipinski definition) is 1. The standard InChI is InChI=1S/C17H17ClN2O5S/c1-10-7-14(20-25-10)19-15(21)8-26-9-16(22)24-11(2)17(23)12-3-5-13(18)6-4-12/h3-7,11H,8-9H2,1-2H3,(H,19,20,21)/t11-/m0/s1. The zero-order chi connectivity index (χ0) is 19.1. The number of aryl methyl sites for hydroxylation is 1. The monoisotopic (exact) mass is 396 g/mol. The number of carbonyl (C=O) groups excluding carboxylic acids is 3. The molecule has 9 heteroatoms. The molecule has 0 aliphatic rings. The fourth-order valence-corrected chi connectivity index (χ4v) is 2.69. The number of nitrogens with zero attached hydrogens (tertiary/aromatic N) is 1. The Morgan fingerprint density at radius 2 is 1.96 bits per heavy atom. The fourth-order valence-electron chi connectivity index (χ4n) is 1.96. The van der Waals surface area contributed by atoms with Crippen molar-refractivity contribution in [3.05, 3.63) is 46.7 Å². The lowest BCUT2D eigenvalue weighted by atomic mass is 10.1. The van der Waals surface area contributed by atoms with Crippen molar-refractivity contribution in [2.24, 2.45) is 0 Å². The molecule has 0 fully saturated rings. The van der Waals surface area contributed by atoms with Gasteiger partial charge in [-0.3, -0.25) is 14.4 Å². The summed E-state index contributed by atoms with van der Waals surface area (Å²) in [5, 5.41) is 6.69. The highest BCUT2D eigenvalue weighted by atomic mass is 35.5. The number of aromatic nitrogens is 1. The second-order valence-corrected chi connectivity index (χ2v) is 6.79. The third kappa shape index (κ3) is 6.20. The first-order chi connectivity index (χ1) is 12.3. The van der Waals surface area contributed by atoms with E-state index in [1.807, 2.05) is 0 Å². The van der Waals surface area contributed by atoms with Crippen LogP contribution >= 0.6 is 23.4 Å². The van der Waals surface area contributed by atoms with E-state index in [0.29, 0.717) is 22.2 Å². The van der Waals surface area contributed by atoms with E-state index in [1.165, 1.54) is 6.92 Å². The minimum absolute atomic E-state index is 0.0422. The summed E-state index contributed by atoms with van der Waals surface area (Å²) in [6.45, 7) is 3.21. The number of ether oxygens (including phenoxy) is 1. The third-order valence-corrected chi connectivity index (χ3v) is 4.31. The molecule has 1 aromatic heterocycles. The Bertz CT molecular complexity index is 791. The molecule has 138 valence electrons. The van der Waals surface area contributed by atoms with Crippen LogP contribution in [0.15, 0.2) is 34.9 Å². The number of anilines is 1. The first kappa shape index (κ1) is 20.0. The molecule has 26 heavy (non-hydrogen) atoms. The van der Waals surface area contributed by atoms with Crippen molar-refractivity contribution in [2.75, 3.05) is 16.8 Å². The van der Waals surface area contributed by atoms with Gasteiger partial charge < -0.3 is 14.6 Å². The number of Topliss-reactive ketones (excluding diaryl/α,β-unsaturated/α-hetero) is 1. The normalized spacial score (nSPS) is 11.7. The first-order valence-electron chi connectivity index (χ1n) is 7.65. The van der Waals surface area contributed by atoms with E-state index in [4.69, 9.17) is 20.9 Å². The van der Waals surface area contributed by atoms with Gasteiger partial charge in [-0.05, 0) is 38.1 Å². The minimum Gasteiger partial charge on any atom is -0.454 e. The highest BCUT2D eigenvalue weighted by Gasteiger charge is 2.19. The molecule has 0 aliphatic carbocycles. The van der Waals surface area contributed by atoms with Crippen LogP contribution in [0.1, 0.15) is 23.0 Å². The smallest absolute Gasteiger partial charge is 0.316 e. The van der Waals surface area contributed by atoms with E-state index in [1.54, 1.807) is 37.3 Å². The molecule has 0 unspecified atom stereocenters. The quantitative estimate of drug-likeness (QED) is 0.540. The number of amides is 1. The van der Waals surface area contributed by atoms with Crippen molar-refractivity contribution in [1.82, 2.24) is 5.16 Å². The van der Waals surface area contributed by atoms with Gasteiger partial charge in [0, 0.05) is 16.7 Å². The zero-order valence-corrected chi connectivity index (χ0v) is 15.7. The van der Waals surface area contributed by atoms with Gasteiger partial charge in [0.05, 0.1) is 11.5 Å². The molecule has 1 N–H and O–H groups in total. The van der Waals surface area contributed by atoms with Crippen molar-refractivity contribution >= 4 is 46.8 Å². The van der Waals surface area contributed by atoms with Crippen LogP contribution in [0.4, 0.5) is 5.82 Å². The molecule has 1 aromatic carbocycles. The van der Waals surface area contributed by atoms with Crippen LogP contribution in [-0.2, 0) is 14.3 Å². The highest BCUT2D eigenvalue weighted by Crippen LogP contribution is 2.13. The van der Waals surface area contributed by atoms with Crippen LogP contribution < -0.4 is 5.32 Å². The summed E-state index contributed by atoms with van der Waals surface area (Å²) >= 11 is 6.85. The van der Waals surface area contributed by atoms with E-state index >= 15 is 0 Å². The molecule has 0 saturated carbocycles. The largest absolute Gasteiger partial charge is 0.454 e. The van der Waals surface area contributed by atoms with E-state index in [0.717, 1.165) is 11.8 Å². The second kappa shape index (κ2) is 9.40. The van der Waals surface area contributed by atoms with Crippen molar-refractivity contribution in [2.45, 2.75) is 20.0 Å². The predicted molar refractivity (Wildman–Crippen MR) is 98.5 cm³/mol. The zero-order valence-electron chi connectivity index (χ0n) is 14.2. The SMILES string of the molecule is Cc1cc(NC(=O)CSCC(=O)O[C@@H](C)C(=O)c2ccc(Cl)cc2)no1. The van der Waals surface area contributed by atoms with Gasteiger partial charge in [0.25, 0.3) is 0 Å². The minimum atomic E-state index is -0.920. The summed E-state index contributed by atoms with van der Waals surface area (Å²) in [7, 11) is 0. The maximum Gasteiger partial charge on any atom is 0.316 e. The van der Waals surface area contributed by atoms with Crippen molar-refractivity contribution < 1.29 is 23.6 Å². The average Bonchev–Trinajstić information content (AvgIpc) is 2.99. The molecule has 1 heterocycles. The van der Waals surface area contributed by atoms with Crippen molar-refractivity contribution in [3.8, 4) is 0 Å². The van der Waals surface area contributed by atoms with Gasteiger partial charge in [-0.25, -0.2) is 0 Å². The van der Waals surface area contributed by atoms with Crippen LogP contribution in [-0.4, -0.2) is 40.4 Å². The topological polar surface area (TPSA) is 98.5 Å². The Hall–Kier alpha value is -2.32. The maximum atomic E-state index is 12.2. The van der Waals surface area contributed by atoms with E-state index < -0.39 is 12.1 Å². The lowest BCUT2D eigenvalue weighted by Crippen LogP contribution is -2.25. The van der Waals surface area contributed by atoms with E-state index in [9.17, 15) is 14.4 Å². The van der Waals surface area contributed by atoms with Crippen LogP contribution in [0.25, 0.3) is 0 Å². The van der Waals surface area contributed by atoms with Gasteiger partial charge in [0.1, 0.15) is 5.76 Å². The number of nitrogens with one attached hydrogen (secondary N) is 1. The highest BCUT2D eigenvalue weighted by molar-refractivity contribution is 8.00. The van der Waals surface area contributed by atoms with Crippen molar-refractivity contribution in [1.29, 1.82) is 0 Å². The van der Waals surface area contributed by atoms with Gasteiger partial charge in [0.2, 0.25) is 11.7 Å². The van der Waals surface area contributed by atoms with Gasteiger partial charge in [-0.1, -0.05) is 16.8 Å². The summed E-state index contributed by atoms with van der Waals surface area (Å²) < 4.78 is 9.93. The van der Waals surface area contributed by atoms with Crippen LogP contribution in [0.5, 0.6) is 0 Å². The van der Waals surface area contributed by atoms with Gasteiger partial charge in [0.15, 0.2) is 11.9 Å². The lowest BCUT2D eigenvalue weighted by molar-refractivity contribution is -0.143. The lowest BCUT2D eigenvalue weighted by Gasteiger charge is -2.12. The van der Waals surface area contributed by atoms with Gasteiger partial charge in [-0.15, -0.1) is 11.8 Å². The molecule has 0 bridgehead atoms. The number of thioether (sulfide) groups is 1. The summed E-state index contributed by atoms with van der Waals surface area (Å²) in [6, 6.07) is 7.91. The van der Waals surface area contributed by atoms with Crippen molar-refractivity contribution in [3.63, 3.8) is 0 Å². The summed E-state index contributed by atoms with van der Waals surface area (Å²) in [5.41, 5.74) is 0.407. The Morgan fingerprint density at radius 1 is 1.27 bits per heavy atom. The Morgan fingerprint density at radius 3 is 2.58 bits per heavy atom. The third-order valence-electron chi connectivity index (χ3n) is 3.15. The fraction of sp³-hybridized carbons (Fsp3) is 0.294. The number of rotatable bonds is 8. The van der Waals surface area contributed by atoms with E-state index in [-0.39, 0.29) is 23.2 Å². The van der Waals surface area contributed by atoms with Crippen LogP contribution in [0, 0.1) is 6.92 Å². The second-order valence-electron chi connectivity index (χ2n) is 5.37. The number of benzene rings is 1. The molecular formula is C17H17ClN2O5S. The number of carbonyl (C=O) groups is 3. The molecule has 0 spiro atoms. The molecule has 1 atom stereocenters. The summed E-state index contributed by atoms with van der Waals surface area (Å²) in [4.78, 5) is 35.7. The van der Waals surface area contributed by atoms with Gasteiger partial charge >= 0.3 is 5.97 Å². The molecule has 2 aromatic rings. The number of esters is 1. The molecular weight excluding hydrogens is 380 g/mol. The summed E-state index contributed by atoms with van der Waals surface area (Å²) in [5.74, 6) is -0.325. The van der Waals surface area contributed by atoms with Gasteiger partial charge in [-0.2, -0.15) is 0 Å². The maximum absolute atomic E-state index is 12.2. The first-order valence-corrected chi connectivity index (χ1v) is 9.18. The molecule has 0 saturated heterocycles. The number of halogens is 1. The Kier molecular flexibility index (Phi) is 7.23. The summed E-state index contributed by atoms with van der Waals surface area (Å²) in [6.07, 6.45) is -0.920. The average molecular weight is 397 g/mol. The molecule has 0 aliphatic heterocycles. The molecule has 0 radical (unpaired) electrons. The Balaban J connectivity index is 1.71.